The van der Waals surface area contributed by atoms with Crippen LogP contribution in [-0.2, 0) is 0 Å². The van der Waals surface area contributed by atoms with Crippen LogP contribution in [0.2, 0.25) is 0 Å². The first-order valence-corrected chi connectivity index (χ1v) is 6.09. The van der Waals surface area contributed by atoms with E-state index in [1.165, 1.54) is 11.8 Å². The van der Waals surface area contributed by atoms with Gasteiger partial charge in [0.2, 0.25) is 5.12 Å². The van der Waals surface area contributed by atoms with E-state index in [1.54, 1.807) is 0 Å². The molecule has 0 spiro atoms. The van der Waals surface area contributed by atoms with Gasteiger partial charge in [0.05, 0.1) is 6.10 Å². The van der Waals surface area contributed by atoms with E-state index in [0.29, 0.717) is 0 Å². The SMILES string of the molecule is O=C(S[C@@H]1CCC[C@H]1O)c1ccccc1. The average Bonchev–Trinajstić information content (AvgIpc) is 2.66. The maximum absolute atomic E-state index is 11.8. The molecule has 1 N–H and O–H groups in total. The summed E-state index contributed by atoms with van der Waals surface area (Å²) < 4.78 is 0. The third-order valence-electron chi connectivity index (χ3n) is 2.69. The summed E-state index contributed by atoms with van der Waals surface area (Å²) in [5.41, 5.74) is 0.724. The molecular formula is C12H14O2S. The Balaban J connectivity index is 1.98. The Bertz CT molecular complexity index is 337. The summed E-state index contributed by atoms with van der Waals surface area (Å²) in [6.07, 6.45) is 2.51. The molecule has 3 heteroatoms. The Hall–Kier alpha value is -0.800. The second-order valence-electron chi connectivity index (χ2n) is 3.81. The van der Waals surface area contributed by atoms with Crippen LogP contribution in [0.25, 0.3) is 0 Å². The molecule has 1 aromatic rings. The minimum atomic E-state index is -0.303. The van der Waals surface area contributed by atoms with Gasteiger partial charge in [0.15, 0.2) is 0 Å². The van der Waals surface area contributed by atoms with E-state index >= 15 is 0 Å². The van der Waals surface area contributed by atoms with E-state index in [9.17, 15) is 9.90 Å². The fourth-order valence-corrected chi connectivity index (χ4v) is 2.95. The van der Waals surface area contributed by atoms with Gasteiger partial charge in [-0.3, -0.25) is 4.79 Å². The van der Waals surface area contributed by atoms with Crippen molar-refractivity contribution in [3.05, 3.63) is 35.9 Å². The highest BCUT2D eigenvalue weighted by molar-refractivity contribution is 8.14. The average molecular weight is 222 g/mol. The standard InChI is InChI=1S/C12H14O2S/c13-10-7-4-8-11(10)15-12(14)9-5-2-1-3-6-9/h1-3,5-6,10-11,13H,4,7-8H2/t10-,11-/m1/s1. The third-order valence-corrected chi connectivity index (χ3v) is 3.99. The van der Waals surface area contributed by atoms with Crippen molar-refractivity contribution in [2.24, 2.45) is 0 Å². The molecule has 1 fully saturated rings. The molecule has 0 aliphatic heterocycles. The normalized spacial score (nSPS) is 25.4. The van der Waals surface area contributed by atoms with Gasteiger partial charge < -0.3 is 5.11 Å². The van der Waals surface area contributed by atoms with Crippen LogP contribution in [-0.4, -0.2) is 21.6 Å². The van der Waals surface area contributed by atoms with Crippen LogP contribution >= 0.6 is 11.8 Å². The highest BCUT2D eigenvalue weighted by Crippen LogP contribution is 2.31. The number of hydrogen-bond donors (Lipinski definition) is 1. The zero-order chi connectivity index (χ0) is 10.7. The maximum Gasteiger partial charge on any atom is 0.219 e. The van der Waals surface area contributed by atoms with E-state index in [4.69, 9.17) is 0 Å². The molecular weight excluding hydrogens is 208 g/mol. The lowest BCUT2D eigenvalue weighted by atomic mass is 10.2. The first kappa shape index (κ1) is 10.7. The zero-order valence-electron chi connectivity index (χ0n) is 8.43. The summed E-state index contributed by atoms with van der Waals surface area (Å²) in [7, 11) is 0. The monoisotopic (exact) mass is 222 g/mol. The molecule has 2 atom stereocenters. The first-order valence-electron chi connectivity index (χ1n) is 5.21. The van der Waals surface area contributed by atoms with Gasteiger partial charge >= 0.3 is 0 Å². The number of aliphatic hydroxyl groups is 1. The number of hydrogen-bond acceptors (Lipinski definition) is 3. The van der Waals surface area contributed by atoms with Gasteiger partial charge in [-0.2, -0.15) is 0 Å². The van der Waals surface area contributed by atoms with Crippen LogP contribution in [0.4, 0.5) is 0 Å². The van der Waals surface area contributed by atoms with Gasteiger partial charge in [-0.05, 0) is 19.3 Å². The number of rotatable bonds is 2. The van der Waals surface area contributed by atoms with E-state index < -0.39 is 0 Å². The van der Waals surface area contributed by atoms with Gasteiger partial charge in [-0.15, -0.1) is 0 Å². The van der Waals surface area contributed by atoms with Crippen molar-refractivity contribution in [1.82, 2.24) is 0 Å². The number of aliphatic hydroxyl groups excluding tert-OH is 1. The minimum Gasteiger partial charge on any atom is -0.392 e. The molecule has 0 unspecified atom stereocenters. The minimum absolute atomic E-state index is 0.0709. The molecule has 1 saturated carbocycles. The largest absolute Gasteiger partial charge is 0.392 e. The summed E-state index contributed by atoms with van der Waals surface area (Å²) in [6.45, 7) is 0. The molecule has 15 heavy (non-hydrogen) atoms. The molecule has 0 saturated heterocycles. The van der Waals surface area contributed by atoms with Crippen molar-refractivity contribution in [2.75, 3.05) is 0 Å². The molecule has 0 bridgehead atoms. The number of benzene rings is 1. The van der Waals surface area contributed by atoms with Crippen molar-refractivity contribution in [3.63, 3.8) is 0 Å². The first-order chi connectivity index (χ1) is 7.27. The van der Waals surface area contributed by atoms with Gasteiger partial charge in [0, 0.05) is 10.8 Å². The molecule has 2 nitrogen and oxygen atoms in total. The van der Waals surface area contributed by atoms with E-state index in [2.05, 4.69) is 0 Å². The molecule has 0 amide bonds. The van der Waals surface area contributed by atoms with Crippen molar-refractivity contribution < 1.29 is 9.90 Å². The van der Waals surface area contributed by atoms with Gasteiger partial charge in [0.1, 0.15) is 0 Å². The predicted octanol–water partition coefficient (Wildman–Crippen LogP) is 2.47. The topological polar surface area (TPSA) is 37.3 Å². The molecule has 0 radical (unpaired) electrons. The summed E-state index contributed by atoms with van der Waals surface area (Å²) in [6, 6.07) is 9.25. The summed E-state index contributed by atoms with van der Waals surface area (Å²) in [4.78, 5) is 11.8. The van der Waals surface area contributed by atoms with Crippen LogP contribution in [0.15, 0.2) is 30.3 Å². The highest BCUT2D eigenvalue weighted by Gasteiger charge is 2.28. The number of thioether (sulfide) groups is 1. The van der Waals surface area contributed by atoms with Crippen LogP contribution in [0.3, 0.4) is 0 Å². The summed E-state index contributed by atoms with van der Waals surface area (Å²) in [5, 5.41) is 9.78. The second kappa shape index (κ2) is 4.81. The zero-order valence-corrected chi connectivity index (χ0v) is 9.24. The van der Waals surface area contributed by atoms with Crippen molar-refractivity contribution >= 4 is 16.9 Å². The Morgan fingerprint density at radius 3 is 2.60 bits per heavy atom. The molecule has 80 valence electrons. The van der Waals surface area contributed by atoms with Crippen LogP contribution in [0, 0.1) is 0 Å². The van der Waals surface area contributed by atoms with Crippen molar-refractivity contribution in [3.8, 4) is 0 Å². The molecule has 1 aliphatic rings. The fourth-order valence-electron chi connectivity index (χ4n) is 1.82. The Morgan fingerprint density at radius 2 is 2.00 bits per heavy atom. The van der Waals surface area contributed by atoms with E-state index in [0.717, 1.165) is 24.8 Å². The van der Waals surface area contributed by atoms with Crippen LogP contribution in [0.5, 0.6) is 0 Å². The highest BCUT2D eigenvalue weighted by atomic mass is 32.2. The van der Waals surface area contributed by atoms with Gasteiger partial charge in [0.25, 0.3) is 0 Å². The smallest absolute Gasteiger partial charge is 0.219 e. The maximum atomic E-state index is 11.8. The van der Waals surface area contributed by atoms with Crippen molar-refractivity contribution in [2.45, 2.75) is 30.6 Å². The second-order valence-corrected chi connectivity index (χ2v) is 5.02. The Kier molecular flexibility index (Phi) is 3.44. The lowest BCUT2D eigenvalue weighted by molar-refractivity contribution is 0.108. The van der Waals surface area contributed by atoms with Crippen LogP contribution in [0.1, 0.15) is 29.6 Å². The quantitative estimate of drug-likeness (QED) is 0.835. The summed E-state index contributed by atoms with van der Waals surface area (Å²) >= 11 is 1.28. The lowest BCUT2D eigenvalue weighted by Gasteiger charge is -2.12. The van der Waals surface area contributed by atoms with Crippen molar-refractivity contribution in [1.29, 1.82) is 0 Å². The molecule has 2 rings (SSSR count). The number of carbonyl (C=O) groups excluding carboxylic acids is 1. The molecule has 0 aromatic heterocycles. The van der Waals surface area contributed by atoms with Gasteiger partial charge in [-0.1, -0.05) is 42.1 Å². The van der Waals surface area contributed by atoms with E-state index in [-0.39, 0.29) is 16.5 Å². The van der Waals surface area contributed by atoms with E-state index in [1.807, 2.05) is 30.3 Å². The molecule has 1 aromatic carbocycles. The van der Waals surface area contributed by atoms with Crippen LogP contribution < -0.4 is 0 Å². The fraction of sp³-hybridized carbons (Fsp3) is 0.417. The number of carbonyl (C=O) groups is 1. The Labute approximate surface area is 93.7 Å². The summed E-state index contributed by atoms with van der Waals surface area (Å²) in [5.74, 6) is 0. The molecule has 1 aliphatic carbocycles. The van der Waals surface area contributed by atoms with Gasteiger partial charge in [-0.25, -0.2) is 0 Å². The third kappa shape index (κ3) is 2.61. The Morgan fingerprint density at radius 1 is 1.27 bits per heavy atom. The molecule has 0 heterocycles. The predicted molar refractivity (Wildman–Crippen MR) is 62.0 cm³/mol. The lowest BCUT2D eigenvalue weighted by Crippen LogP contribution is -2.17.